The average molecular weight is 381 g/mol. The summed E-state index contributed by atoms with van der Waals surface area (Å²) in [5.41, 5.74) is 3.12. The summed E-state index contributed by atoms with van der Waals surface area (Å²) in [7, 11) is 2.97. The maximum atomic E-state index is 12.9. The molecule has 6 nitrogen and oxygen atoms in total. The number of benzene rings is 2. The van der Waals surface area contributed by atoms with Gasteiger partial charge in [-0.25, -0.2) is 9.69 Å². The number of alkyl halides is 3. The molecule has 3 rings (SSSR count). The van der Waals surface area contributed by atoms with E-state index in [1.54, 1.807) is 32.2 Å². The molecule has 1 fully saturated rings. The number of nitrogens with one attached hydrogen (secondary N) is 1. The quantitative estimate of drug-likeness (QED) is 0.866. The highest BCUT2D eigenvalue weighted by molar-refractivity contribution is 5.96. The van der Waals surface area contributed by atoms with E-state index >= 15 is 0 Å². The molecule has 2 aromatic rings. The molecule has 1 aliphatic heterocycles. The first kappa shape index (κ1) is 19.0. The third kappa shape index (κ3) is 3.69. The Labute approximate surface area is 154 Å². The summed E-state index contributed by atoms with van der Waals surface area (Å²) in [6.45, 7) is 1.77. The molecular weight excluding hydrogens is 363 g/mol. The summed E-state index contributed by atoms with van der Waals surface area (Å²) in [6, 6.07) is 9.23. The van der Waals surface area contributed by atoms with Crippen molar-refractivity contribution < 1.29 is 27.4 Å². The van der Waals surface area contributed by atoms with Crippen LogP contribution in [0.3, 0.4) is 0 Å². The minimum absolute atomic E-state index is 0.0126. The van der Waals surface area contributed by atoms with E-state index in [0.29, 0.717) is 11.3 Å². The van der Waals surface area contributed by atoms with Crippen LogP contribution in [0, 0.1) is 6.92 Å². The Balaban J connectivity index is 2.01. The van der Waals surface area contributed by atoms with Gasteiger partial charge in [0.2, 0.25) is 6.35 Å². The molecule has 0 aromatic heterocycles. The molecule has 2 amide bonds. The highest BCUT2D eigenvalue weighted by Gasteiger charge is 2.38. The molecule has 1 aliphatic rings. The predicted octanol–water partition coefficient (Wildman–Crippen LogP) is 4.11. The lowest BCUT2D eigenvalue weighted by atomic mass is 10.1. The molecule has 1 unspecified atom stereocenters. The highest BCUT2D eigenvalue weighted by Crippen LogP contribution is 2.39. The SMILES string of the molecule is COC1NN(C)C(=O)N1c1c(C)cccc1Oc1cccc(C(F)(F)F)c1. The molecule has 144 valence electrons. The van der Waals surface area contributed by atoms with E-state index in [9.17, 15) is 18.0 Å². The number of anilines is 1. The standard InChI is InChI=1S/C18H18F3N3O3/c1-11-6-4-9-14(15(11)24-16(26-3)22-23(2)17(24)25)27-13-8-5-7-12(10-13)18(19,20)21/h4-10,16,22H,1-3H3. The van der Waals surface area contributed by atoms with Gasteiger partial charge >= 0.3 is 12.2 Å². The van der Waals surface area contributed by atoms with Crippen molar-refractivity contribution in [2.45, 2.75) is 19.5 Å². The van der Waals surface area contributed by atoms with E-state index in [2.05, 4.69) is 5.43 Å². The number of amides is 2. The van der Waals surface area contributed by atoms with Crippen LogP contribution in [0.5, 0.6) is 11.5 Å². The molecule has 1 saturated heterocycles. The number of para-hydroxylation sites is 1. The van der Waals surface area contributed by atoms with Crippen molar-refractivity contribution in [2.24, 2.45) is 0 Å². The lowest BCUT2D eigenvalue weighted by Gasteiger charge is -2.25. The van der Waals surface area contributed by atoms with Gasteiger partial charge in [-0.2, -0.15) is 18.6 Å². The van der Waals surface area contributed by atoms with Gasteiger partial charge in [0, 0.05) is 14.2 Å². The third-order valence-electron chi connectivity index (χ3n) is 4.09. The van der Waals surface area contributed by atoms with Crippen molar-refractivity contribution in [3.05, 3.63) is 53.6 Å². The topological polar surface area (TPSA) is 54.0 Å². The second kappa shape index (κ2) is 7.09. The van der Waals surface area contributed by atoms with Crippen molar-refractivity contribution >= 4 is 11.7 Å². The molecule has 0 bridgehead atoms. The average Bonchev–Trinajstić information content (AvgIpc) is 2.89. The Hall–Kier alpha value is -2.78. The minimum atomic E-state index is -4.48. The number of hydrogen-bond acceptors (Lipinski definition) is 4. The first-order valence-electron chi connectivity index (χ1n) is 8.03. The fourth-order valence-corrected chi connectivity index (χ4v) is 2.80. The van der Waals surface area contributed by atoms with Crippen molar-refractivity contribution in [2.75, 3.05) is 19.1 Å². The fraction of sp³-hybridized carbons (Fsp3) is 0.278. The van der Waals surface area contributed by atoms with Crippen LogP contribution in [-0.4, -0.2) is 31.5 Å². The Kier molecular flexibility index (Phi) is 4.99. The van der Waals surface area contributed by atoms with Gasteiger partial charge in [-0.15, -0.1) is 0 Å². The second-order valence-corrected chi connectivity index (χ2v) is 5.98. The number of halogens is 3. The lowest BCUT2D eigenvalue weighted by Crippen LogP contribution is -2.39. The van der Waals surface area contributed by atoms with E-state index < -0.39 is 18.1 Å². The summed E-state index contributed by atoms with van der Waals surface area (Å²) < 4.78 is 49.9. The Morgan fingerprint density at radius 1 is 1.15 bits per heavy atom. The second-order valence-electron chi connectivity index (χ2n) is 5.98. The summed E-state index contributed by atoms with van der Waals surface area (Å²) >= 11 is 0. The number of urea groups is 1. The molecule has 0 saturated carbocycles. The summed E-state index contributed by atoms with van der Waals surface area (Å²) in [6.07, 6.45) is -5.25. The normalized spacial score (nSPS) is 17.6. The number of carbonyl (C=O) groups is 1. The van der Waals surface area contributed by atoms with Gasteiger partial charge in [0.15, 0.2) is 5.75 Å². The van der Waals surface area contributed by atoms with E-state index in [4.69, 9.17) is 9.47 Å². The summed E-state index contributed by atoms with van der Waals surface area (Å²) in [5, 5.41) is 1.26. The van der Waals surface area contributed by atoms with Crippen LogP contribution in [-0.2, 0) is 10.9 Å². The molecule has 2 aromatic carbocycles. The van der Waals surface area contributed by atoms with Crippen LogP contribution in [0.2, 0.25) is 0 Å². The first-order valence-corrected chi connectivity index (χ1v) is 8.03. The van der Waals surface area contributed by atoms with Gasteiger partial charge in [-0.05, 0) is 36.8 Å². The number of ether oxygens (including phenoxy) is 2. The molecule has 9 heteroatoms. The minimum Gasteiger partial charge on any atom is -0.455 e. The van der Waals surface area contributed by atoms with Crippen molar-refractivity contribution in [3.63, 3.8) is 0 Å². The molecule has 0 spiro atoms. The largest absolute Gasteiger partial charge is 0.455 e. The Bertz CT molecular complexity index is 857. The van der Waals surface area contributed by atoms with Crippen molar-refractivity contribution in [3.8, 4) is 11.5 Å². The van der Waals surface area contributed by atoms with Gasteiger partial charge in [-0.3, -0.25) is 5.01 Å². The van der Waals surface area contributed by atoms with Gasteiger partial charge in [0.25, 0.3) is 0 Å². The van der Waals surface area contributed by atoms with Crippen LogP contribution in [0.4, 0.5) is 23.7 Å². The van der Waals surface area contributed by atoms with E-state index in [1.807, 2.05) is 0 Å². The summed E-state index contributed by atoms with van der Waals surface area (Å²) in [4.78, 5) is 13.9. The maximum Gasteiger partial charge on any atom is 0.416 e. The molecule has 1 N–H and O–H groups in total. The molecular formula is C18H18F3N3O3. The first-order chi connectivity index (χ1) is 12.7. The fourth-order valence-electron chi connectivity index (χ4n) is 2.80. The molecule has 0 radical (unpaired) electrons. The molecule has 1 heterocycles. The van der Waals surface area contributed by atoms with Crippen LogP contribution in [0.1, 0.15) is 11.1 Å². The third-order valence-corrected chi connectivity index (χ3v) is 4.09. The van der Waals surface area contributed by atoms with Crippen molar-refractivity contribution in [1.82, 2.24) is 10.4 Å². The molecule has 1 atom stereocenters. The zero-order valence-electron chi connectivity index (χ0n) is 14.9. The summed E-state index contributed by atoms with van der Waals surface area (Å²) in [5.74, 6) is 0.250. The Morgan fingerprint density at radius 3 is 2.52 bits per heavy atom. The van der Waals surface area contributed by atoms with E-state index in [0.717, 1.165) is 12.1 Å². The number of methoxy groups -OCH3 is 1. The number of rotatable bonds is 4. The van der Waals surface area contributed by atoms with Gasteiger partial charge in [0.1, 0.15) is 5.75 Å². The zero-order valence-corrected chi connectivity index (χ0v) is 14.9. The van der Waals surface area contributed by atoms with Crippen LogP contribution in [0.15, 0.2) is 42.5 Å². The lowest BCUT2D eigenvalue weighted by molar-refractivity contribution is -0.137. The smallest absolute Gasteiger partial charge is 0.416 e. The number of carbonyl (C=O) groups excluding carboxylic acids is 1. The highest BCUT2D eigenvalue weighted by atomic mass is 19.4. The van der Waals surface area contributed by atoms with Crippen LogP contribution >= 0.6 is 0 Å². The molecule has 0 aliphatic carbocycles. The number of aryl methyl sites for hydroxylation is 1. The van der Waals surface area contributed by atoms with Gasteiger partial charge in [-0.1, -0.05) is 18.2 Å². The monoisotopic (exact) mass is 381 g/mol. The number of hydrogen-bond donors (Lipinski definition) is 1. The van der Waals surface area contributed by atoms with E-state index in [1.165, 1.54) is 29.2 Å². The maximum absolute atomic E-state index is 12.9. The van der Waals surface area contributed by atoms with Gasteiger partial charge < -0.3 is 9.47 Å². The Morgan fingerprint density at radius 2 is 1.85 bits per heavy atom. The van der Waals surface area contributed by atoms with E-state index in [-0.39, 0.29) is 17.5 Å². The van der Waals surface area contributed by atoms with Crippen LogP contribution < -0.4 is 15.1 Å². The number of hydrazine groups is 1. The van der Waals surface area contributed by atoms with Gasteiger partial charge in [0.05, 0.1) is 11.3 Å². The molecule has 27 heavy (non-hydrogen) atoms. The van der Waals surface area contributed by atoms with Crippen LogP contribution in [0.25, 0.3) is 0 Å². The predicted molar refractivity (Wildman–Crippen MR) is 92.3 cm³/mol. The zero-order chi connectivity index (χ0) is 19.8. The number of nitrogens with zero attached hydrogens (tertiary/aromatic N) is 2. The van der Waals surface area contributed by atoms with Crippen molar-refractivity contribution in [1.29, 1.82) is 0 Å².